The van der Waals surface area contributed by atoms with Gasteiger partial charge in [-0.3, -0.25) is 0 Å². The van der Waals surface area contributed by atoms with Crippen LogP contribution in [-0.2, 0) is 6.61 Å². The molecule has 90 valence electrons. The van der Waals surface area contributed by atoms with Crippen molar-refractivity contribution in [2.24, 2.45) is 0 Å². The average molecular weight is 240 g/mol. The molecule has 0 N–H and O–H groups in total. The van der Waals surface area contributed by atoms with Crippen LogP contribution in [0.25, 0.3) is 0 Å². The summed E-state index contributed by atoms with van der Waals surface area (Å²) in [6.07, 6.45) is 0. The Balaban J connectivity index is 2.26. The van der Waals surface area contributed by atoms with Crippen LogP contribution in [0.3, 0.4) is 0 Å². The lowest BCUT2D eigenvalue weighted by Gasteiger charge is -2.10. The lowest BCUT2D eigenvalue weighted by molar-refractivity contribution is 0.284. The first-order valence-electron chi connectivity index (χ1n) is 6.00. The van der Waals surface area contributed by atoms with Gasteiger partial charge in [0.1, 0.15) is 6.61 Å². The smallest absolute Gasteiger partial charge is 0.162 e. The van der Waals surface area contributed by atoms with Crippen molar-refractivity contribution in [1.29, 1.82) is 5.26 Å². The number of methoxy groups -OCH3 is 1. The number of rotatable bonds is 4. The summed E-state index contributed by atoms with van der Waals surface area (Å²) in [5.74, 6) is 0.755. The summed E-state index contributed by atoms with van der Waals surface area (Å²) in [7, 11) is 1.51. The summed E-state index contributed by atoms with van der Waals surface area (Å²) < 4.78 is 18.7. The van der Waals surface area contributed by atoms with Gasteiger partial charge < -0.3 is 9.47 Å². The first-order chi connectivity index (χ1) is 9.26. The van der Waals surface area contributed by atoms with Crippen LogP contribution in [0.2, 0.25) is 0 Å². The van der Waals surface area contributed by atoms with E-state index in [0.29, 0.717) is 18.1 Å². The molecule has 0 saturated heterocycles. The molecule has 0 aliphatic carbocycles. The number of ether oxygens (including phenoxy) is 2. The van der Waals surface area contributed by atoms with Gasteiger partial charge in [-0.2, -0.15) is 5.26 Å². The first kappa shape index (κ1) is 10.7. The Morgan fingerprint density at radius 3 is 2.61 bits per heavy atom. The van der Waals surface area contributed by atoms with Gasteiger partial charge in [0, 0.05) is 6.04 Å². The van der Waals surface area contributed by atoms with E-state index in [9.17, 15) is 0 Å². The highest BCUT2D eigenvalue weighted by Crippen LogP contribution is 2.28. The Hall–Kier alpha value is -2.47. The van der Waals surface area contributed by atoms with Crippen molar-refractivity contribution in [3.63, 3.8) is 0 Å². The third-order valence-corrected chi connectivity index (χ3v) is 2.44. The molecule has 2 rings (SSSR count). The van der Waals surface area contributed by atoms with Crippen molar-refractivity contribution in [3.8, 4) is 17.6 Å². The Kier molecular flexibility index (Phi) is 3.40. The van der Waals surface area contributed by atoms with Crippen LogP contribution in [0.1, 0.15) is 12.5 Å². The molecule has 0 unspecified atom stereocenters. The minimum atomic E-state index is 0.0535. The molecule has 0 amide bonds. The number of hydrogen-bond donors (Lipinski definition) is 0. The predicted octanol–water partition coefficient (Wildman–Crippen LogP) is 3.15. The van der Waals surface area contributed by atoms with Gasteiger partial charge in [0.05, 0.1) is 20.1 Å². The highest BCUT2D eigenvalue weighted by molar-refractivity contribution is 5.46. The molecule has 0 aliphatic heterocycles. The van der Waals surface area contributed by atoms with E-state index in [2.05, 4.69) is 0 Å². The van der Waals surface area contributed by atoms with Crippen LogP contribution in [-0.4, -0.2) is 7.11 Å². The van der Waals surface area contributed by atoms with Crippen LogP contribution in [0.4, 0.5) is 0 Å². The largest absolute Gasteiger partial charge is 0.493 e. The zero-order chi connectivity index (χ0) is 13.7. The lowest BCUT2D eigenvalue weighted by Crippen LogP contribution is -1.97. The zero-order valence-electron chi connectivity index (χ0n) is 11.0. The molecule has 0 fully saturated rings. The van der Waals surface area contributed by atoms with Crippen LogP contribution in [0, 0.1) is 11.3 Å². The van der Waals surface area contributed by atoms with E-state index in [0.717, 1.165) is 5.56 Å². The van der Waals surface area contributed by atoms with E-state index in [1.54, 1.807) is 12.1 Å². The fourth-order valence-electron chi connectivity index (χ4n) is 1.52. The number of nitrogens with zero attached hydrogens (tertiary/aromatic N) is 1. The monoisotopic (exact) mass is 240 g/mol. The van der Waals surface area contributed by atoms with Crippen LogP contribution in [0.15, 0.2) is 48.5 Å². The van der Waals surface area contributed by atoms with Crippen molar-refractivity contribution in [1.82, 2.24) is 0 Å². The Morgan fingerprint density at radius 1 is 1.17 bits per heavy atom. The molecular weight excluding hydrogens is 226 g/mol. The third kappa shape index (κ3) is 2.80. The van der Waals surface area contributed by atoms with Crippen molar-refractivity contribution >= 4 is 0 Å². The molecule has 2 aromatic rings. The zero-order valence-corrected chi connectivity index (χ0v) is 10.0. The van der Waals surface area contributed by atoms with Gasteiger partial charge in [-0.25, -0.2) is 0 Å². The van der Waals surface area contributed by atoms with E-state index in [4.69, 9.17) is 16.1 Å². The van der Waals surface area contributed by atoms with Gasteiger partial charge in [-0.1, -0.05) is 30.3 Å². The topological polar surface area (TPSA) is 42.2 Å². The summed E-state index contributed by atoms with van der Waals surface area (Å²) >= 11 is 0. The fraction of sp³-hybridized carbons (Fsp3) is 0.133. The molecule has 0 bridgehead atoms. The predicted molar refractivity (Wildman–Crippen MR) is 68.5 cm³/mol. The normalized spacial score (nSPS) is 10.3. The van der Waals surface area contributed by atoms with E-state index in [1.807, 2.05) is 36.4 Å². The van der Waals surface area contributed by atoms with Gasteiger partial charge in [0.15, 0.2) is 11.5 Å². The first-order valence-corrected chi connectivity index (χ1v) is 5.50. The second-order valence-corrected chi connectivity index (χ2v) is 3.66. The molecule has 0 aliphatic rings. The Morgan fingerprint density at radius 2 is 1.94 bits per heavy atom. The van der Waals surface area contributed by atoms with E-state index in [-0.39, 0.29) is 11.6 Å². The molecule has 0 aromatic heterocycles. The minimum absolute atomic E-state index is 0.0535. The minimum Gasteiger partial charge on any atom is -0.493 e. The van der Waals surface area contributed by atoms with Crippen molar-refractivity contribution < 1.29 is 10.8 Å². The van der Waals surface area contributed by atoms with Gasteiger partial charge >= 0.3 is 0 Å². The molecule has 0 saturated carbocycles. The molecule has 0 spiro atoms. The second kappa shape index (κ2) is 5.74. The second-order valence-electron chi connectivity index (χ2n) is 3.66. The van der Waals surface area contributed by atoms with Crippen molar-refractivity contribution in [2.75, 3.05) is 7.11 Å². The third-order valence-electron chi connectivity index (χ3n) is 2.44. The number of hydrogen-bond acceptors (Lipinski definition) is 3. The molecule has 3 heteroatoms. The maximum absolute atomic E-state index is 8.93. The number of benzene rings is 2. The molecular formula is C15H13NO2. The summed E-state index contributed by atoms with van der Waals surface area (Å²) in [5.41, 5.74) is 1.26. The number of nitriles is 1. The summed E-state index contributed by atoms with van der Waals surface area (Å²) in [4.78, 5) is 0. The van der Waals surface area contributed by atoms with Gasteiger partial charge in [0.25, 0.3) is 0 Å². The van der Waals surface area contributed by atoms with Crippen molar-refractivity contribution in [2.45, 2.75) is 6.61 Å². The van der Waals surface area contributed by atoms with Crippen LogP contribution >= 0.6 is 0 Å². The van der Waals surface area contributed by atoms with E-state index in [1.165, 1.54) is 7.11 Å². The molecule has 0 atom stereocenters. The fourth-order valence-corrected chi connectivity index (χ4v) is 1.52. The summed E-state index contributed by atoms with van der Waals surface area (Å²) in [6.45, 7) is 0.331. The maximum Gasteiger partial charge on any atom is 0.162 e. The van der Waals surface area contributed by atoms with Gasteiger partial charge in [0.2, 0.25) is 0 Å². The molecule has 0 radical (unpaired) electrons. The maximum atomic E-state index is 8.93. The highest BCUT2D eigenvalue weighted by Gasteiger charge is 2.05. The van der Waals surface area contributed by atoms with Gasteiger partial charge in [-0.05, 0) is 17.7 Å². The lowest BCUT2D eigenvalue weighted by atomic mass is 10.2. The van der Waals surface area contributed by atoms with Gasteiger partial charge in [-0.15, -0.1) is 0 Å². The summed E-state index contributed by atoms with van der Waals surface area (Å²) in [5, 5.41) is 8.93. The Bertz CT molecular complexity index is 606. The van der Waals surface area contributed by atoms with E-state index < -0.39 is 0 Å². The Labute approximate surface area is 108 Å². The molecule has 3 nitrogen and oxygen atoms in total. The molecule has 2 aromatic carbocycles. The van der Waals surface area contributed by atoms with Crippen molar-refractivity contribution in [3.05, 3.63) is 59.6 Å². The average Bonchev–Trinajstić information content (AvgIpc) is 2.46. The van der Waals surface area contributed by atoms with E-state index >= 15 is 0 Å². The summed E-state index contributed by atoms with van der Waals surface area (Å²) in [6, 6.07) is 14.8. The standard InChI is InChI=1S/C15H13NO2/c1-17-14-8-7-13(10-16)9-15(14)18-11-12-5-3-2-4-6-12/h2-9H,11H2,1H3/i9D. The van der Waals surface area contributed by atoms with Crippen LogP contribution < -0.4 is 9.47 Å². The molecule has 0 heterocycles. The molecule has 18 heavy (non-hydrogen) atoms. The highest BCUT2D eigenvalue weighted by atomic mass is 16.5. The van der Waals surface area contributed by atoms with Crippen LogP contribution in [0.5, 0.6) is 11.5 Å². The quantitative estimate of drug-likeness (QED) is 0.824. The SMILES string of the molecule is [2H]c1c(C#N)ccc(OC)c1OCc1ccccc1.